The third kappa shape index (κ3) is 5.15. The first-order valence-electron chi connectivity index (χ1n) is 8.44. The van der Waals surface area contributed by atoms with Crippen LogP contribution in [0.25, 0.3) is 0 Å². The Morgan fingerprint density at radius 1 is 1.00 bits per heavy atom. The molecule has 3 aromatic carbocycles. The van der Waals surface area contributed by atoms with Gasteiger partial charge in [-0.15, -0.1) is 0 Å². The van der Waals surface area contributed by atoms with Gasteiger partial charge < -0.3 is 15.3 Å². The van der Waals surface area contributed by atoms with Crippen LogP contribution < -0.4 is 5.32 Å². The minimum absolute atomic E-state index is 0.0577. The molecule has 0 saturated heterocycles. The van der Waals surface area contributed by atoms with Crippen molar-refractivity contribution in [2.75, 3.05) is 5.32 Å². The molecule has 0 aliphatic heterocycles. The lowest BCUT2D eigenvalue weighted by Crippen LogP contribution is -2.34. The number of carbonyl (C=O) groups is 1. The Kier molecular flexibility index (Phi) is 6.39. The first-order chi connectivity index (χ1) is 13.4. The Labute approximate surface area is 172 Å². The number of amides is 2. The third-order valence-electron chi connectivity index (χ3n) is 4.07. The van der Waals surface area contributed by atoms with E-state index in [-0.39, 0.29) is 35.7 Å². The van der Waals surface area contributed by atoms with Gasteiger partial charge in [0.25, 0.3) is 0 Å². The first-order valence-corrected chi connectivity index (χ1v) is 9.20. The van der Waals surface area contributed by atoms with E-state index >= 15 is 0 Å². The first kappa shape index (κ1) is 20.0. The number of rotatable bonds is 5. The molecule has 0 radical (unpaired) electrons. The molecule has 0 bridgehead atoms. The summed E-state index contributed by atoms with van der Waals surface area (Å²) in [7, 11) is 0. The Balaban J connectivity index is 1.87. The van der Waals surface area contributed by atoms with Crippen LogP contribution in [0.4, 0.5) is 14.9 Å². The molecule has 0 aromatic heterocycles. The van der Waals surface area contributed by atoms with E-state index in [0.717, 1.165) is 5.56 Å². The van der Waals surface area contributed by atoms with Crippen molar-refractivity contribution in [2.24, 2.45) is 0 Å². The fourth-order valence-electron chi connectivity index (χ4n) is 2.68. The van der Waals surface area contributed by atoms with Gasteiger partial charge in [-0.3, -0.25) is 0 Å². The molecule has 2 N–H and O–H groups in total. The van der Waals surface area contributed by atoms with Gasteiger partial charge in [-0.25, -0.2) is 9.18 Å². The second-order valence-electron chi connectivity index (χ2n) is 6.17. The van der Waals surface area contributed by atoms with E-state index in [9.17, 15) is 14.3 Å². The van der Waals surface area contributed by atoms with Gasteiger partial charge in [-0.1, -0.05) is 53.5 Å². The summed E-state index contributed by atoms with van der Waals surface area (Å²) in [6, 6.07) is 17.4. The summed E-state index contributed by atoms with van der Waals surface area (Å²) >= 11 is 12.0. The maximum absolute atomic E-state index is 13.2. The minimum Gasteiger partial charge on any atom is -0.506 e. The van der Waals surface area contributed by atoms with Crippen LogP contribution >= 0.6 is 23.2 Å². The number of aromatic hydroxyl groups is 1. The van der Waals surface area contributed by atoms with Gasteiger partial charge in [0.05, 0.1) is 11.6 Å². The van der Waals surface area contributed by atoms with Crippen LogP contribution in [0.1, 0.15) is 11.1 Å². The fourth-order valence-corrected chi connectivity index (χ4v) is 3.21. The van der Waals surface area contributed by atoms with Crippen LogP contribution in [-0.4, -0.2) is 16.0 Å². The quantitative estimate of drug-likeness (QED) is 0.527. The number of phenolic OH excluding ortho intramolecular Hbond substituents is 1. The van der Waals surface area contributed by atoms with Gasteiger partial charge in [0.1, 0.15) is 11.6 Å². The van der Waals surface area contributed by atoms with Gasteiger partial charge in [-0.2, -0.15) is 0 Å². The van der Waals surface area contributed by atoms with E-state index in [1.807, 2.05) is 18.2 Å². The van der Waals surface area contributed by atoms with Gasteiger partial charge in [0.2, 0.25) is 0 Å². The summed E-state index contributed by atoms with van der Waals surface area (Å²) < 4.78 is 13.2. The lowest BCUT2D eigenvalue weighted by atomic mass is 10.1. The number of nitrogens with zero attached hydrogens (tertiary/aromatic N) is 1. The Morgan fingerprint density at radius 3 is 2.36 bits per heavy atom. The molecule has 3 aromatic rings. The molecule has 3 rings (SSSR count). The van der Waals surface area contributed by atoms with Crippen LogP contribution in [-0.2, 0) is 13.1 Å². The molecular formula is C21H17Cl2FN2O2. The molecule has 28 heavy (non-hydrogen) atoms. The van der Waals surface area contributed by atoms with Crippen LogP contribution in [0, 0.1) is 5.82 Å². The Bertz CT molecular complexity index is 966. The number of hydrogen-bond donors (Lipinski definition) is 2. The number of halogens is 3. The molecule has 0 aliphatic rings. The zero-order chi connectivity index (χ0) is 20.1. The molecule has 4 nitrogen and oxygen atoms in total. The summed E-state index contributed by atoms with van der Waals surface area (Å²) in [5, 5.41) is 13.5. The molecular weight excluding hydrogens is 402 g/mol. The number of benzene rings is 3. The van der Waals surface area contributed by atoms with E-state index in [1.54, 1.807) is 30.3 Å². The SMILES string of the molecule is O=C(Nc1ccccc1)N(Cc1ccc(F)cc1)Cc1cc(Cl)cc(Cl)c1O. The number of hydrogen-bond acceptors (Lipinski definition) is 2. The largest absolute Gasteiger partial charge is 0.506 e. The molecule has 7 heteroatoms. The number of carbonyl (C=O) groups excluding carboxylic acids is 1. The van der Waals surface area contributed by atoms with Crippen LogP contribution in [0.2, 0.25) is 10.0 Å². The third-order valence-corrected chi connectivity index (χ3v) is 4.57. The second kappa shape index (κ2) is 8.95. The molecule has 0 atom stereocenters. The summed E-state index contributed by atoms with van der Waals surface area (Å²) in [6.07, 6.45) is 0. The lowest BCUT2D eigenvalue weighted by Gasteiger charge is -2.24. The maximum atomic E-state index is 13.2. The van der Waals surface area contributed by atoms with Crippen molar-refractivity contribution in [1.29, 1.82) is 0 Å². The van der Waals surface area contributed by atoms with E-state index < -0.39 is 0 Å². The van der Waals surface area contributed by atoms with E-state index in [1.165, 1.54) is 23.1 Å². The lowest BCUT2D eigenvalue weighted by molar-refractivity contribution is 0.206. The molecule has 0 fully saturated rings. The number of urea groups is 1. The molecule has 144 valence electrons. The van der Waals surface area contributed by atoms with Crippen LogP contribution in [0.5, 0.6) is 5.75 Å². The highest BCUT2D eigenvalue weighted by Crippen LogP contribution is 2.32. The molecule has 0 saturated carbocycles. The van der Waals surface area contributed by atoms with Crippen molar-refractivity contribution in [3.05, 3.63) is 93.7 Å². The predicted octanol–water partition coefficient (Wildman–Crippen LogP) is 6.07. The summed E-state index contributed by atoms with van der Waals surface area (Å²) in [6.45, 7) is 0.255. The highest BCUT2D eigenvalue weighted by Gasteiger charge is 2.18. The zero-order valence-corrected chi connectivity index (χ0v) is 16.2. The Hall–Kier alpha value is -2.76. The maximum Gasteiger partial charge on any atom is 0.322 e. The zero-order valence-electron chi connectivity index (χ0n) is 14.7. The highest BCUT2D eigenvalue weighted by molar-refractivity contribution is 6.35. The minimum atomic E-state index is -0.383. The van der Waals surface area contributed by atoms with E-state index in [0.29, 0.717) is 16.3 Å². The van der Waals surface area contributed by atoms with Gasteiger partial charge in [0.15, 0.2) is 0 Å². The van der Waals surface area contributed by atoms with Gasteiger partial charge in [-0.05, 0) is 42.0 Å². The molecule has 0 heterocycles. The monoisotopic (exact) mass is 418 g/mol. The average Bonchev–Trinajstić information content (AvgIpc) is 2.67. The molecule has 0 spiro atoms. The highest BCUT2D eigenvalue weighted by atomic mass is 35.5. The Morgan fingerprint density at radius 2 is 1.68 bits per heavy atom. The van der Waals surface area contributed by atoms with Crippen molar-refractivity contribution in [3.63, 3.8) is 0 Å². The topological polar surface area (TPSA) is 52.6 Å². The normalized spacial score (nSPS) is 10.5. The van der Waals surface area contributed by atoms with Crippen LogP contribution in [0.15, 0.2) is 66.7 Å². The number of para-hydroxylation sites is 1. The fraction of sp³-hybridized carbons (Fsp3) is 0.0952. The van der Waals surface area contributed by atoms with Crippen molar-refractivity contribution < 1.29 is 14.3 Å². The standard InChI is InChI=1S/C21H17Cl2FN2O2/c22-16-10-15(20(27)19(23)11-16)13-26(12-14-6-8-17(24)9-7-14)21(28)25-18-4-2-1-3-5-18/h1-11,27H,12-13H2,(H,25,28). The average molecular weight is 419 g/mol. The van der Waals surface area contributed by atoms with Crippen molar-refractivity contribution in [3.8, 4) is 5.75 Å². The second-order valence-corrected chi connectivity index (χ2v) is 7.02. The molecule has 0 aliphatic carbocycles. The smallest absolute Gasteiger partial charge is 0.322 e. The van der Waals surface area contributed by atoms with Gasteiger partial charge in [0, 0.05) is 22.8 Å². The number of phenols is 1. The molecule has 0 unspecified atom stereocenters. The van der Waals surface area contributed by atoms with E-state index in [2.05, 4.69) is 5.32 Å². The van der Waals surface area contributed by atoms with Crippen molar-refractivity contribution in [2.45, 2.75) is 13.1 Å². The molecule has 2 amide bonds. The summed E-state index contributed by atoms with van der Waals surface area (Å²) in [4.78, 5) is 14.3. The van der Waals surface area contributed by atoms with Gasteiger partial charge >= 0.3 is 6.03 Å². The summed E-state index contributed by atoms with van der Waals surface area (Å²) in [5.41, 5.74) is 1.77. The van der Waals surface area contributed by atoms with Crippen molar-refractivity contribution in [1.82, 2.24) is 4.90 Å². The number of anilines is 1. The summed E-state index contributed by atoms with van der Waals surface area (Å²) in [5.74, 6) is -0.494. The van der Waals surface area contributed by atoms with Crippen LogP contribution in [0.3, 0.4) is 0 Å². The van der Waals surface area contributed by atoms with E-state index in [4.69, 9.17) is 23.2 Å². The number of nitrogens with one attached hydrogen (secondary N) is 1. The predicted molar refractivity (Wildman–Crippen MR) is 109 cm³/mol. The van der Waals surface area contributed by atoms with Crippen molar-refractivity contribution >= 4 is 34.9 Å².